The van der Waals surface area contributed by atoms with Crippen LogP contribution >= 0.6 is 0 Å². The first-order valence-corrected chi connectivity index (χ1v) is 9.73. The Bertz CT molecular complexity index is 816. The van der Waals surface area contributed by atoms with Crippen molar-refractivity contribution in [1.29, 1.82) is 0 Å². The predicted molar refractivity (Wildman–Crippen MR) is 105 cm³/mol. The molecular formula is C22H28N2O3. The van der Waals surface area contributed by atoms with E-state index in [9.17, 15) is 9.59 Å². The van der Waals surface area contributed by atoms with Gasteiger partial charge in [-0.05, 0) is 42.7 Å². The summed E-state index contributed by atoms with van der Waals surface area (Å²) in [5, 5.41) is 3.17. The molecule has 2 saturated carbocycles. The molecule has 1 saturated heterocycles. The monoisotopic (exact) mass is 368 g/mol. The first-order valence-electron chi connectivity index (χ1n) is 9.73. The van der Waals surface area contributed by atoms with Crippen molar-refractivity contribution in [2.24, 2.45) is 16.7 Å². The lowest BCUT2D eigenvalue weighted by atomic mass is 9.68. The molecule has 3 aliphatic rings. The summed E-state index contributed by atoms with van der Waals surface area (Å²) in [5.74, 6) is 1.34. The van der Waals surface area contributed by atoms with Gasteiger partial charge in [0.05, 0.1) is 18.6 Å². The van der Waals surface area contributed by atoms with Gasteiger partial charge in [0.25, 0.3) is 0 Å². The topological polar surface area (TPSA) is 58.6 Å². The average Bonchev–Trinajstić information content (AvgIpc) is 3.30. The van der Waals surface area contributed by atoms with E-state index in [4.69, 9.17) is 4.74 Å². The lowest BCUT2D eigenvalue weighted by Gasteiger charge is -2.37. The van der Waals surface area contributed by atoms with Crippen LogP contribution in [-0.4, -0.2) is 31.5 Å². The van der Waals surface area contributed by atoms with Crippen LogP contribution in [0.2, 0.25) is 0 Å². The maximum Gasteiger partial charge on any atom is 0.230 e. The lowest BCUT2D eigenvalue weighted by Crippen LogP contribution is -2.46. The summed E-state index contributed by atoms with van der Waals surface area (Å²) in [5.41, 5.74) is 1.45. The number of carbonyl (C=O) groups excluding carboxylic acids is 2. The standard InChI is InChI=1S/C22H28N2O3/c1-14-21(2,3)15-8-9-22(14,12-15)20(26)23-16-10-19(25)24(13-16)17-6-5-7-18(11-17)27-4/h5-7,11,15-16H,1,8-10,12-13H2,2-4H3,(H,23,26)/t15-,16-,22+/m0/s1. The normalized spacial score (nSPS) is 31.4. The number of methoxy groups -OCH3 is 1. The summed E-state index contributed by atoms with van der Waals surface area (Å²) in [6.45, 7) is 9.21. The highest BCUT2D eigenvalue weighted by atomic mass is 16.5. The fourth-order valence-electron chi connectivity index (χ4n) is 5.30. The van der Waals surface area contributed by atoms with E-state index in [1.807, 2.05) is 24.3 Å². The highest BCUT2D eigenvalue weighted by Crippen LogP contribution is 2.65. The van der Waals surface area contributed by atoms with Gasteiger partial charge < -0.3 is 15.0 Å². The smallest absolute Gasteiger partial charge is 0.230 e. The second-order valence-corrected chi connectivity index (χ2v) is 8.80. The largest absolute Gasteiger partial charge is 0.497 e. The van der Waals surface area contributed by atoms with E-state index < -0.39 is 5.41 Å². The minimum absolute atomic E-state index is 0.0215. The van der Waals surface area contributed by atoms with Crippen molar-refractivity contribution in [2.75, 3.05) is 18.6 Å². The molecule has 0 unspecified atom stereocenters. The predicted octanol–water partition coefficient (Wildman–Crippen LogP) is 3.30. The van der Waals surface area contributed by atoms with Crippen LogP contribution in [0.15, 0.2) is 36.4 Å². The Morgan fingerprint density at radius 2 is 2.15 bits per heavy atom. The van der Waals surface area contributed by atoms with Gasteiger partial charge in [0, 0.05) is 24.7 Å². The quantitative estimate of drug-likeness (QED) is 0.830. The molecular weight excluding hydrogens is 340 g/mol. The summed E-state index contributed by atoms with van der Waals surface area (Å²) in [7, 11) is 1.61. The minimum Gasteiger partial charge on any atom is -0.497 e. The SMILES string of the molecule is C=C1C(C)(C)[C@H]2CC[C@@]1(C(=O)N[C@H]1CC(=O)N(c3cccc(OC)c3)C1)C2. The Morgan fingerprint density at radius 3 is 2.81 bits per heavy atom. The summed E-state index contributed by atoms with van der Waals surface area (Å²) in [6, 6.07) is 7.30. The molecule has 5 heteroatoms. The second-order valence-electron chi connectivity index (χ2n) is 8.80. The van der Waals surface area contributed by atoms with Crippen LogP contribution in [-0.2, 0) is 9.59 Å². The van der Waals surface area contributed by atoms with Crippen LogP contribution in [0.25, 0.3) is 0 Å². The maximum atomic E-state index is 13.2. The van der Waals surface area contributed by atoms with Crippen LogP contribution in [0.3, 0.4) is 0 Å². The number of rotatable bonds is 4. The maximum absolute atomic E-state index is 13.2. The molecule has 1 aromatic carbocycles. The number of ether oxygens (including phenoxy) is 1. The lowest BCUT2D eigenvalue weighted by molar-refractivity contribution is -0.129. The van der Waals surface area contributed by atoms with Crippen LogP contribution in [0, 0.1) is 16.7 Å². The average molecular weight is 368 g/mol. The van der Waals surface area contributed by atoms with Crippen LogP contribution in [0.5, 0.6) is 5.75 Å². The van der Waals surface area contributed by atoms with E-state index >= 15 is 0 Å². The molecule has 1 N–H and O–H groups in total. The number of fused-ring (bicyclic) bond motifs is 2. The Balaban J connectivity index is 1.47. The summed E-state index contributed by atoms with van der Waals surface area (Å²) in [4.78, 5) is 27.5. The minimum atomic E-state index is -0.444. The van der Waals surface area contributed by atoms with Gasteiger partial charge >= 0.3 is 0 Å². The van der Waals surface area contributed by atoms with Crippen LogP contribution in [0.1, 0.15) is 39.5 Å². The fraction of sp³-hybridized carbons (Fsp3) is 0.545. The van der Waals surface area contributed by atoms with Crippen molar-refractivity contribution in [1.82, 2.24) is 5.32 Å². The van der Waals surface area contributed by atoms with Gasteiger partial charge in [-0.25, -0.2) is 0 Å². The molecule has 3 atom stereocenters. The molecule has 0 spiro atoms. The third-order valence-electron chi connectivity index (χ3n) is 7.15. The molecule has 1 heterocycles. The number of hydrogen-bond donors (Lipinski definition) is 1. The summed E-state index contributed by atoms with van der Waals surface area (Å²) >= 11 is 0. The number of amides is 2. The molecule has 0 aromatic heterocycles. The summed E-state index contributed by atoms with van der Waals surface area (Å²) < 4.78 is 5.25. The third-order valence-corrected chi connectivity index (χ3v) is 7.15. The molecule has 0 radical (unpaired) electrons. The van der Waals surface area contributed by atoms with Gasteiger partial charge in [-0.1, -0.05) is 32.1 Å². The number of hydrogen-bond acceptors (Lipinski definition) is 3. The zero-order valence-corrected chi connectivity index (χ0v) is 16.4. The first kappa shape index (κ1) is 18.1. The van der Waals surface area contributed by atoms with Gasteiger partial charge in [0.15, 0.2) is 0 Å². The van der Waals surface area contributed by atoms with Crippen molar-refractivity contribution in [3.63, 3.8) is 0 Å². The molecule has 2 bridgehead atoms. The van der Waals surface area contributed by atoms with E-state index in [0.717, 1.165) is 30.5 Å². The zero-order chi connectivity index (χ0) is 19.4. The molecule has 27 heavy (non-hydrogen) atoms. The highest BCUT2D eigenvalue weighted by Gasteiger charge is 2.61. The van der Waals surface area contributed by atoms with E-state index in [2.05, 4.69) is 25.7 Å². The van der Waals surface area contributed by atoms with Crippen molar-refractivity contribution in [3.05, 3.63) is 36.4 Å². The van der Waals surface area contributed by atoms with Crippen molar-refractivity contribution in [2.45, 2.75) is 45.6 Å². The van der Waals surface area contributed by atoms with Gasteiger partial charge in [0.2, 0.25) is 11.8 Å². The molecule has 3 fully saturated rings. The zero-order valence-electron chi connectivity index (χ0n) is 16.4. The van der Waals surface area contributed by atoms with Crippen LogP contribution < -0.4 is 15.0 Å². The van der Waals surface area contributed by atoms with Gasteiger partial charge in [-0.2, -0.15) is 0 Å². The Kier molecular flexibility index (Phi) is 4.09. The molecule has 2 aliphatic carbocycles. The van der Waals surface area contributed by atoms with Crippen molar-refractivity contribution < 1.29 is 14.3 Å². The molecule has 144 valence electrons. The Labute approximate surface area is 160 Å². The molecule has 5 nitrogen and oxygen atoms in total. The number of nitrogens with zero attached hydrogens (tertiary/aromatic N) is 1. The number of carbonyl (C=O) groups is 2. The van der Waals surface area contributed by atoms with E-state index in [-0.39, 0.29) is 23.3 Å². The molecule has 2 amide bonds. The van der Waals surface area contributed by atoms with E-state index in [1.165, 1.54) is 0 Å². The van der Waals surface area contributed by atoms with Crippen molar-refractivity contribution >= 4 is 17.5 Å². The first-order chi connectivity index (χ1) is 12.8. The Hall–Kier alpha value is -2.30. The van der Waals surface area contributed by atoms with Gasteiger partial charge in [-0.3, -0.25) is 9.59 Å². The molecule has 1 aliphatic heterocycles. The second kappa shape index (κ2) is 6.11. The van der Waals surface area contributed by atoms with E-state index in [1.54, 1.807) is 12.0 Å². The van der Waals surface area contributed by atoms with Gasteiger partial charge in [-0.15, -0.1) is 0 Å². The summed E-state index contributed by atoms with van der Waals surface area (Å²) in [6.07, 6.45) is 3.19. The third kappa shape index (κ3) is 2.67. The number of benzene rings is 1. The van der Waals surface area contributed by atoms with Crippen molar-refractivity contribution in [3.8, 4) is 5.75 Å². The Morgan fingerprint density at radius 1 is 1.37 bits per heavy atom. The van der Waals surface area contributed by atoms with E-state index in [0.29, 0.717) is 24.6 Å². The number of anilines is 1. The van der Waals surface area contributed by atoms with Crippen LogP contribution in [0.4, 0.5) is 5.69 Å². The molecule has 4 rings (SSSR count). The van der Waals surface area contributed by atoms with Gasteiger partial charge in [0.1, 0.15) is 5.75 Å². The fourth-order valence-corrected chi connectivity index (χ4v) is 5.30. The number of nitrogens with one attached hydrogen (secondary N) is 1. The molecule has 1 aromatic rings. The highest BCUT2D eigenvalue weighted by molar-refractivity contribution is 5.97.